The van der Waals surface area contributed by atoms with Crippen LogP contribution in [0.25, 0.3) is 10.8 Å². The minimum absolute atomic E-state index is 0. The van der Waals surface area contributed by atoms with Gasteiger partial charge in [0.15, 0.2) is 0 Å². The summed E-state index contributed by atoms with van der Waals surface area (Å²) in [6.07, 6.45) is 0. The van der Waals surface area contributed by atoms with Crippen LogP contribution in [0.3, 0.4) is 0 Å². The second-order valence-corrected chi connectivity index (χ2v) is 6.42. The Balaban J connectivity index is 0.00000192. The van der Waals surface area contributed by atoms with Crippen molar-refractivity contribution >= 4 is 32.3 Å². The molecular weight excluding hydrogens is 321 g/mol. The number of hydrogen-bond donors (Lipinski definition) is 0. The molecule has 3 aromatic carbocycles. The summed E-state index contributed by atoms with van der Waals surface area (Å²) >= 11 is 0. The zero-order valence-electron chi connectivity index (χ0n) is 12.9. The zero-order chi connectivity index (χ0) is 15.7. The maximum Gasteiger partial charge on any atom is 1.00 e. The molecule has 4 nitrogen and oxygen atoms in total. The van der Waals surface area contributed by atoms with Gasteiger partial charge in [0.25, 0.3) is 0 Å². The smallest absolute Gasteiger partial charge is 0.744 e. The molecule has 0 spiro atoms. The molecule has 0 atom stereocenters. The molecule has 23 heavy (non-hydrogen) atoms. The number of fused-ring (bicyclic) bond motifs is 1. The molecule has 3 aromatic rings. The Morgan fingerprint density at radius 3 is 2.09 bits per heavy atom. The first kappa shape index (κ1) is 18.0. The molecule has 0 bridgehead atoms. The zero-order valence-corrected chi connectivity index (χ0v) is 15.7. The van der Waals surface area contributed by atoms with Crippen LogP contribution in [0.15, 0.2) is 71.6 Å². The van der Waals surface area contributed by atoms with E-state index in [0.717, 1.165) is 22.1 Å². The molecule has 0 aromatic heterocycles. The third kappa shape index (κ3) is 3.94. The number of para-hydroxylation sites is 1. The second kappa shape index (κ2) is 7.03. The molecule has 0 aliphatic carbocycles. The summed E-state index contributed by atoms with van der Waals surface area (Å²) in [7, 11) is -2.46. The van der Waals surface area contributed by atoms with Crippen LogP contribution in [0, 0.1) is 0 Å². The Morgan fingerprint density at radius 1 is 0.826 bits per heavy atom. The van der Waals surface area contributed by atoms with Crippen LogP contribution in [0.2, 0.25) is 0 Å². The van der Waals surface area contributed by atoms with Gasteiger partial charge < -0.3 is 9.45 Å². The van der Waals surface area contributed by atoms with Gasteiger partial charge in [-0.05, 0) is 47.2 Å². The van der Waals surface area contributed by atoms with Crippen molar-refractivity contribution < 1.29 is 42.5 Å². The Bertz CT molecular complexity index is 927. The van der Waals surface area contributed by atoms with Crippen LogP contribution in [0.5, 0.6) is 0 Å². The number of rotatable bonds is 3. The molecule has 0 N–H and O–H groups in total. The Kier molecular flexibility index (Phi) is 5.49. The van der Waals surface area contributed by atoms with E-state index in [9.17, 15) is 13.0 Å². The average molecular weight is 335 g/mol. The van der Waals surface area contributed by atoms with Gasteiger partial charge in [-0.1, -0.05) is 30.3 Å². The predicted octanol–water partition coefficient (Wildman–Crippen LogP) is 0.516. The van der Waals surface area contributed by atoms with Gasteiger partial charge in [-0.25, -0.2) is 8.42 Å². The summed E-state index contributed by atoms with van der Waals surface area (Å²) in [5.41, 5.74) is 2.04. The molecule has 0 saturated heterocycles. The normalized spacial score (nSPS) is 11.0. The predicted molar refractivity (Wildman–Crippen MR) is 86.4 cm³/mol. The van der Waals surface area contributed by atoms with Gasteiger partial charge in [-0.2, -0.15) is 0 Å². The quantitative estimate of drug-likeness (QED) is 0.517. The van der Waals surface area contributed by atoms with E-state index >= 15 is 0 Å². The van der Waals surface area contributed by atoms with Gasteiger partial charge in [-0.15, -0.1) is 0 Å². The third-order valence-electron chi connectivity index (χ3n) is 3.61. The van der Waals surface area contributed by atoms with Crippen LogP contribution in [0.4, 0.5) is 11.4 Å². The van der Waals surface area contributed by atoms with Crippen molar-refractivity contribution in [3.63, 3.8) is 0 Å². The summed E-state index contributed by atoms with van der Waals surface area (Å²) in [5.74, 6) is 0. The summed E-state index contributed by atoms with van der Waals surface area (Å²) in [5, 5.41) is 1.61. The van der Waals surface area contributed by atoms with Gasteiger partial charge in [-0.3, -0.25) is 0 Å². The van der Waals surface area contributed by atoms with E-state index in [2.05, 4.69) is 0 Å². The minimum atomic E-state index is -4.42. The second-order valence-electron chi connectivity index (χ2n) is 5.04. The van der Waals surface area contributed by atoms with Crippen LogP contribution >= 0.6 is 0 Å². The van der Waals surface area contributed by atoms with E-state index in [-0.39, 0.29) is 34.5 Å². The molecule has 0 saturated carbocycles. The summed E-state index contributed by atoms with van der Waals surface area (Å²) in [6.45, 7) is 0. The number of anilines is 2. The minimum Gasteiger partial charge on any atom is -0.744 e. The molecular formula is C17H14NNaO3S. The van der Waals surface area contributed by atoms with E-state index < -0.39 is 10.1 Å². The van der Waals surface area contributed by atoms with Crippen molar-refractivity contribution in [2.45, 2.75) is 4.90 Å². The van der Waals surface area contributed by atoms with Gasteiger partial charge in [0.1, 0.15) is 10.1 Å². The molecule has 3 rings (SSSR count). The molecule has 0 unspecified atom stereocenters. The first-order valence-corrected chi connectivity index (χ1v) is 8.14. The monoisotopic (exact) mass is 335 g/mol. The van der Waals surface area contributed by atoms with E-state index in [1.807, 2.05) is 60.5 Å². The van der Waals surface area contributed by atoms with Crippen LogP contribution < -0.4 is 34.5 Å². The van der Waals surface area contributed by atoms with Crippen molar-refractivity contribution in [2.75, 3.05) is 11.9 Å². The van der Waals surface area contributed by atoms with Crippen molar-refractivity contribution in [3.8, 4) is 0 Å². The Hall–Kier alpha value is -1.37. The molecule has 112 valence electrons. The standard InChI is InChI=1S/C17H15NO3S.Na/c1-18(15-5-3-2-4-6-15)16-9-7-14-12-17(22(19,20)21)10-8-13(14)11-16;/h2-12H,1H3,(H,19,20,21);/q;+1/p-1. The maximum absolute atomic E-state index is 11.1. The topological polar surface area (TPSA) is 60.4 Å². The van der Waals surface area contributed by atoms with E-state index in [4.69, 9.17) is 0 Å². The van der Waals surface area contributed by atoms with Gasteiger partial charge in [0.05, 0.1) is 4.90 Å². The van der Waals surface area contributed by atoms with Gasteiger partial charge in [0, 0.05) is 18.4 Å². The fraction of sp³-hybridized carbons (Fsp3) is 0.0588. The molecule has 0 aliphatic heterocycles. The average Bonchev–Trinajstić information content (AvgIpc) is 2.53. The molecule has 0 aliphatic rings. The van der Waals surface area contributed by atoms with Crippen molar-refractivity contribution in [1.29, 1.82) is 0 Å². The first-order valence-electron chi connectivity index (χ1n) is 6.74. The largest absolute Gasteiger partial charge is 1.00 e. The number of nitrogens with zero attached hydrogens (tertiary/aromatic N) is 1. The molecule has 6 heteroatoms. The van der Waals surface area contributed by atoms with Crippen molar-refractivity contribution in [1.82, 2.24) is 0 Å². The van der Waals surface area contributed by atoms with Crippen LogP contribution in [0.1, 0.15) is 0 Å². The molecule has 0 fully saturated rings. The molecule has 0 heterocycles. The van der Waals surface area contributed by atoms with Crippen molar-refractivity contribution in [3.05, 3.63) is 66.7 Å². The van der Waals surface area contributed by atoms with E-state index in [1.54, 1.807) is 6.07 Å². The first-order chi connectivity index (χ1) is 10.4. The fourth-order valence-corrected chi connectivity index (χ4v) is 2.88. The summed E-state index contributed by atoms with van der Waals surface area (Å²) in [6, 6.07) is 20.0. The van der Waals surface area contributed by atoms with E-state index in [0.29, 0.717) is 0 Å². The van der Waals surface area contributed by atoms with Gasteiger partial charge >= 0.3 is 29.6 Å². The Labute approximate surface area is 157 Å². The van der Waals surface area contributed by atoms with E-state index in [1.165, 1.54) is 12.1 Å². The van der Waals surface area contributed by atoms with Crippen molar-refractivity contribution in [2.24, 2.45) is 0 Å². The molecule has 0 radical (unpaired) electrons. The summed E-state index contributed by atoms with van der Waals surface area (Å²) in [4.78, 5) is 1.83. The fourth-order valence-electron chi connectivity index (χ4n) is 2.38. The van der Waals surface area contributed by atoms with Crippen LogP contribution in [-0.2, 0) is 10.1 Å². The number of benzene rings is 3. The Morgan fingerprint density at radius 2 is 1.43 bits per heavy atom. The van der Waals surface area contributed by atoms with Crippen LogP contribution in [-0.4, -0.2) is 20.0 Å². The molecule has 0 amide bonds. The SMILES string of the molecule is CN(c1ccccc1)c1ccc2cc(S(=O)(=O)[O-])ccc2c1.[Na+]. The third-order valence-corrected chi connectivity index (χ3v) is 4.45. The summed E-state index contributed by atoms with van der Waals surface area (Å²) < 4.78 is 33.2. The van der Waals surface area contributed by atoms with Gasteiger partial charge in [0.2, 0.25) is 0 Å². The maximum atomic E-state index is 11.1. The number of hydrogen-bond acceptors (Lipinski definition) is 4.